The lowest BCUT2D eigenvalue weighted by atomic mass is 9.54. The maximum Gasteiger partial charge on any atom is 0.173 e. The SMILES string of the molecule is Cc1c(F)cccc1[C@@H]1C[C@](C(=O)[C@]2(C3CCCNC3)C[C@@H](c3cccc(F)c3C)[C@@H](C(=O)c3cccc(O)c3)CN2CCC(C)O)(C2CCCNC2)N(CCC(C)O)C[C@@H]1C(=O)c1cccc(O)c1. The summed E-state index contributed by atoms with van der Waals surface area (Å²) in [6.45, 7) is 10.0. The van der Waals surface area contributed by atoms with Gasteiger partial charge in [-0.2, -0.15) is 0 Å². The average molecular weight is 963 g/mol. The maximum atomic E-state index is 17.9. The molecule has 0 aromatic heterocycles. The number of hydrogen-bond donors (Lipinski definition) is 6. The summed E-state index contributed by atoms with van der Waals surface area (Å²) in [4.78, 5) is 52.6. The lowest BCUT2D eigenvalue weighted by Gasteiger charge is -2.63. The molecule has 8 rings (SSSR count). The van der Waals surface area contributed by atoms with E-state index in [2.05, 4.69) is 20.4 Å². The van der Waals surface area contributed by atoms with Gasteiger partial charge in [0.15, 0.2) is 17.3 Å². The van der Waals surface area contributed by atoms with Gasteiger partial charge in [0.2, 0.25) is 0 Å². The fourth-order valence-electron chi connectivity index (χ4n) is 13.1. The molecule has 10 atom stereocenters. The van der Waals surface area contributed by atoms with Crippen LogP contribution in [0.3, 0.4) is 0 Å². The number of aliphatic hydroxyl groups is 2. The van der Waals surface area contributed by atoms with Crippen molar-refractivity contribution in [1.82, 2.24) is 20.4 Å². The number of rotatable bonds is 16. The van der Waals surface area contributed by atoms with Crippen molar-refractivity contribution >= 4 is 17.3 Å². The molecule has 0 amide bonds. The van der Waals surface area contributed by atoms with Gasteiger partial charge in [0, 0.05) is 62.2 Å². The van der Waals surface area contributed by atoms with Crippen LogP contribution in [-0.2, 0) is 4.79 Å². The predicted octanol–water partition coefficient (Wildman–Crippen LogP) is 7.86. The lowest BCUT2D eigenvalue weighted by Crippen LogP contribution is -2.77. The third-order valence-electron chi connectivity index (χ3n) is 16.7. The average Bonchev–Trinajstić information content (AvgIpc) is 3.36. The van der Waals surface area contributed by atoms with Crippen LogP contribution in [-0.4, -0.2) is 123 Å². The molecule has 4 aromatic carbocycles. The summed E-state index contributed by atoms with van der Waals surface area (Å²) < 4.78 is 32.0. The maximum absolute atomic E-state index is 17.9. The van der Waals surface area contributed by atoms with Gasteiger partial charge in [-0.25, -0.2) is 8.78 Å². The van der Waals surface area contributed by atoms with E-state index in [1.807, 2.05) is 12.1 Å². The van der Waals surface area contributed by atoms with Crippen molar-refractivity contribution in [2.24, 2.45) is 23.7 Å². The quantitative estimate of drug-likeness (QED) is 0.0607. The zero-order valence-corrected chi connectivity index (χ0v) is 41.2. The summed E-state index contributed by atoms with van der Waals surface area (Å²) in [5, 5.41) is 50.7. The van der Waals surface area contributed by atoms with Crippen molar-refractivity contribution < 1.29 is 43.6 Å². The van der Waals surface area contributed by atoms with Gasteiger partial charge in [0.05, 0.1) is 23.3 Å². The van der Waals surface area contributed by atoms with E-state index < -0.39 is 58.6 Å². The summed E-state index contributed by atoms with van der Waals surface area (Å²) in [7, 11) is 0. The summed E-state index contributed by atoms with van der Waals surface area (Å²) in [5.74, 6) is -5.08. The van der Waals surface area contributed by atoms with Gasteiger partial charge >= 0.3 is 0 Å². The summed E-state index contributed by atoms with van der Waals surface area (Å²) >= 11 is 0. The number of phenolic OH excluding ortho intramolecular Hbond substituents is 2. The van der Waals surface area contributed by atoms with Crippen LogP contribution in [0.25, 0.3) is 0 Å². The minimum atomic E-state index is -1.34. The number of carbonyl (C=O) groups is 3. The zero-order chi connectivity index (χ0) is 49.9. The Morgan fingerprint density at radius 1 is 0.643 bits per heavy atom. The minimum Gasteiger partial charge on any atom is -0.508 e. The van der Waals surface area contributed by atoms with Crippen molar-refractivity contribution in [1.29, 1.82) is 0 Å². The van der Waals surface area contributed by atoms with Crippen LogP contribution in [0.2, 0.25) is 0 Å². The Balaban J connectivity index is 1.41. The molecule has 0 bridgehead atoms. The van der Waals surface area contributed by atoms with Crippen LogP contribution in [0.4, 0.5) is 8.78 Å². The van der Waals surface area contributed by atoms with Crippen molar-refractivity contribution in [3.05, 3.63) is 130 Å². The molecule has 0 radical (unpaired) electrons. The Morgan fingerprint density at radius 3 is 1.40 bits per heavy atom. The second kappa shape index (κ2) is 21.8. The molecule has 11 nitrogen and oxygen atoms in total. The van der Waals surface area contributed by atoms with E-state index in [-0.39, 0.29) is 79.7 Å². The number of nitrogens with zero attached hydrogens (tertiary/aromatic N) is 2. The number of phenols is 2. The zero-order valence-electron chi connectivity index (χ0n) is 41.2. The van der Waals surface area contributed by atoms with Gasteiger partial charge in [-0.05, 0) is 174 Å². The van der Waals surface area contributed by atoms with Crippen molar-refractivity contribution in [3.63, 3.8) is 0 Å². The molecule has 376 valence electrons. The number of aliphatic hydroxyl groups excluding tert-OH is 2. The largest absolute Gasteiger partial charge is 0.508 e. The van der Waals surface area contributed by atoms with Gasteiger partial charge in [0.25, 0.3) is 0 Å². The molecule has 4 aromatic rings. The van der Waals surface area contributed by atoms with Crippen LogP contribution in [0, 0.1) is 49.2 Å². The third kappa shape index (κ3) is 10.1. The number of piperidine rings is 4. The number of carbonyl (C=O) groups excluding carboxylic acids is 3. The highest BCUT2D eigenvalue weighted by Gasteiger charge is 2.66. The molecule has 4 aliphatic heterocycles. The molecule has 4 unspecified atom stereocenters. The Morgan fingerprint density at radius 2 is 1.04 bits per heavy atom. The van der Waals surface area contributed by atoms with E-state index in [0.717, 1.165) is 25.9 Å². The summed E-state index contributed by atoms with van der Waals surface area (Å²) in [5.41, 5.74) is -0.0511. The number of hydrogen-bond acceptors (Lipinski definition) is 11. The van der Waals surface area contributed by atoms with Crippen LogP contribution in [0.1, 0.15) is 120 Å². The highest BCUT2D eigenvalue weighted by atomic mass is 19.1. The molecule has 4 fully saturated rings. The molecule has 0 aliphatic carbocycles. The highest BCUT2D eigenvalue weighted by molar-refractivity contribution is 6.02. The standard InChI is InChI=1S/C57H72F2N4O7/c1-35(64)21-25-62-33-49(53(68)39-11-5-15-43(66)27-39)47(45-17-7-19-51(58)37(45)3)29-56(62,41-13-9-23-60-31-41)55(70)57(42-14-10-24-61-32-42)30-48(46-18-8-20-52(59)38(46)4)50(34-63(57)26-22-36(2)65)54(69)40-12-6-16-44(67)28-40/h5-8,11-12,15-20,27-28,35-36,41-42,47-50,60-61,64-67H,9-10,13-14,21-26,29-34H2,1-4H3/t35?,36?,41?,42?,47-,48-,49-,50-,56+,57+/m0/s1. The fourth-order valence-corrected chi connectivity index (χ4v) is 13.1. The number of Topliss-reactive ketones (excluding diaryl/α,β-unsaturated/α-hetero) is 3. The normalized spacial score (nSPS) is 28.7. The Bertz CT molecular complexity index is 2340. The van der Waals surface area contributed by atoms with Crippen LogP contribution >= 0.6 is 0 Å². The second-order valence-electron chi connectivity index (χ2n) is 21.0. The Hall–Kier alpha value is -4.89. The molecule has 0 saturated carbocycles. The van der Waals surface area contributed by atoms with Gasteiger partial charge in [-0.1, -0.05) is 48.5 Å². The highest BCUT2D eigenvalue weighted by Crippen LogP contribution is 2.56. The van der Waals surface area contributed by atoms with Gasteiger partial charge in [-0.15, -0.1) is 0 Å². The van der Waals surface area contributed by atoms with Gasteiger partial charge < -0.3 is 31.1 Å². The summed E-state index contributed by atoms with van der Waals surface area (Å²) in [6, 6.07) is 22.4. The number of ketones is 3. The van der Waals surface area contributed by atoms with Crippen LogP contribution in [0.15, 0.2) is 84.9 Å². The first-order valence-corrected chi connectivity index (χ1v) is 25.6. The molecule has 4 heterocycles. The van der Waals surface area contributed by atoms with E-state index in [1.54, 1.807) is 64.1 Å². The van der Waals surface area contributed by atoms with E-state index in [4.69, 9.17) is 0 Å². The van der Waals surface area contributed by atoms with E-state index in [1.165, 1.54) is 36.4 Å². The minimum absolute atomic E-state index is 0.0644. The molecular formula is C57H72F2N4O7. The molecule has 6 N–H and O–H groups in total. The first-order valence-electron chi connectivity index (χ1n) is 25.6. The molecule has 70 heavy (non-hydrogen) atoms. The van der Waals surface area contributed by atoms with Crippen LogP contribution < -0.4 is 10.6 Å². The van der Waals surface area contributed by atoms with Crippen molar-refractivity contribution in [2.75, 3.05) is 52.4 Å². The third-order valence-corrected chi connectivity index (χ3v) is 16.7. The molecule has 4 aliphatic rings. The van der Waals surface area contributed by atoms with Gasteiger partial charge in [0.1, 0.15) is 23.1 Å². The fraction of sp³-hybridized carbons (Fsp3) is 0.526. The molecule has 13 heteroatoms. The monoisotopic (exact) mass is 963 g/mol. The predicted molar refractivity (Wildman–Crippen MR) is 266 cm³/mol. The Kier molecular flexibility index (Phi) is 16.1. The van der Waals surface area contributed by atoms with E-state index in [0.29, 0.717) is 72.2 Å². The van der Waals surface area contributed by atoms with E-state index in [9.17, 15) is 20.4 Å². The first-order chi connectivity index (χ1) is 33.6. The van der Waals surface area contributed by atoms with Crippen molar-refractivity contribution in [2.45, 2.75) is 114 Å². The first kappa shape index (κ1) is 51.5. The Labute approximate surface area is 411 Å². The van der Waals surface area contributed by atoms with E-state index >= 15 is 23.2 Å². The molecule has 0 spiro atoms. The second-order valence-corrected chi connectivity index (χ2v) is 21.0. The topological polar surface area (TPSA) is 163 Å². The number of likely N-dealkylation sites (tertiary alicyclic amines) is 2. The number of halogens is 2. The molecule has 4 saturated heterocycles. The smallest absolute Gasteiger partial charge is 0.173 e. The lowest BCUT2D eigenvalue weighted by molar-refractivity contribution is -0.166. The van der Waals surface area contributed by atoms with Crippen LogP contribution in [0.5, 0.6) is 11.5 Å². The number of nitrogens with one attached hydrogen (secondary N) is 2. The molecular weight excluding hydrogens is 891 g/mol. The number of benzene rings is 4. The summed E-state index contributed by atoms with van der Waals surface area (Å²) in [6.07, 6.45) is 2.24. The van der Waals surface area contributed by atoms with Gasteiger partial charge in [-0.3, -0.25) is 24.2 Å². The van der Waals surface area contributed by atoms with Crippen molar-refractivity contribution in [3.8, 4) is 11.5 Å². The number of aromatic hydroxyl groups is 2.